The van der Waals surface area contributed by atoms with E-state index in [4.69, 9.17) is 10.6 Å². The minimum Gasteiger partial charge on any atom is -0.497 e. The summed E-state index contributed by atoms with van der Waals surface area (Å²) in [6.07, 6.45) is 2.06. The van der Waals surface area contributed by atoms with Crippen LogP contribution in [0.1, 0.15) is 10.4 Å². The van der Waals surface area contributed by atoms with Gasteiger partial charge in [0.05, 0.1) is 12.8 Å². The van der Waals surface area contributed by atoms with Crippen molar-refractivity contribution in [2.75, 3.05) is 12.5 Å². The maximum Gasteiger partial charge on any atom is 0.197 e. The van der Waals surface area contributed by atoms with E-state index in [-0.39, 0.29) is 0 Å². The molecule has 0 saturated heterocycles. The molecule has 2 aromatic rings. The monoisotopic (exact) mass is 247 g/mol. The average Bonchev–Trinajstić information content (AvgIpc) is 2.81. The van der Waals surface area contributed by atoms with Gasteiger partial charge in [-0.1, -0.05) is 0 Å². The van der Waals surface area contributed by atoms with Crippen LogP contribution < -0.4 is 16.0 Å². The molecule has 1 heterocycles. The summed E-state index contributed by atoms with van der Waals surface area (Å²) in [7, 11) is 1.69. The normalized spacial score (nSPS) is 12.8. The minimum absolute atomic E-state index is 0.777. The summed E-state index contributed by atoms with van der Waals surface area (Å²) in [5.41, 5.74) is 6.18. The number of hydrazine groups is 1. The van der Waals surface area contributed by atoms with Gasteiger partial charge in [0, 0.05) is 10.4 Å². The molecule has 3 N–H and O–H groups in total. The summed E-state index contributed by atoms with van der Waals surface area (Å²) >= 11 is 1.63. The first-order valence-electron chi connectivity index (χ1n) is 5.45. The predicted molar refractivity (Wildman–Crippen MR) is 69.3 cm³/mol. The Bertz CT molecular complexity index is 565. The molecule has 1 aliphatic rings. The van der Waals surface area contributed by atoms with Crippen LogP contribution in [-0.2, 0) is 12.8 Å². The Kier molecular flexibility index (Phi) is 2.49. The van der Waals surface area contributed by atoms with Gasteiger partial charge in [0.15, 0.2) is 5.13 Å². The second-order valence-corrected chi connectivity index (χ2v) is 5.04. The number of methoxy groups -OCH3 is 1. The molecular weight excluding hydrogens is 234 g/mol. The van der Waals surface area contributed by atoms with Gasteiger partial charge in [0.25, 0.3) is 0 Å². The van der Waals surface area contributed by atoms with Crippen molar-refractivity contribution in [1.29, 1.82) is 0 Å². The fourth-order valence-electron chi connectivity index (χ4n) is 2.18. The standard InChI is InChI=1S/C12H13N3OS/c1-16-8-3-4-9-7(6-8)2-5-10-11(9)14-12(15-13)17-10/h3-4,6H,2,5,13H2,1H3,(H,14,15). The molecule has 0 aliphatic heterocycles. The Morgan fingerprint density at radius 3 is 3.06 bits per heavy atom. The van der Waals surface area contributed by atoms with E-state index in [0.29, 0.717) is 0 Å². The molecule has 0 unspecified atom stereocenters. The number of nitrogens with zero attached hydrogens (tertiary/aromatic N) is 1. The lowest BCUT2D eigenvalue weighted by Gasteiger charge is -2.15. The van der Waals surface area contributed by atoms with Crippen LogP contribution in [0.4, 0.5) is 5.13 Å². The maximum absolute atomic E-state index is 5.41. The largest absolute Gasteiger partial charge is 0.497 e. The van der Waals surface area contributed by atoms with Gasteiger partial charge in [-0.15, -0.1) is 11.3 Å². The molecule has 0 spiro atoms. The highest BCUT2D eigenvalue weighted by Crippen LogP contribution is 2.38. The van der Waals surface area contributed by atoms with Gasteiger partial charge in [-0.05, 0) is 36.6 Å². The van der Waals surface area contributed by atoms with Crippen LogP contribution in [0.3, 0.4) is 0 Å². The Balaban J connectivity index is 2.12. The van der Waals surface area contributed by atoms with Crippen LogP contribution in [0.15, 0.2) is 18.2 Å². The third-order valence-electron chi connectivity index (χ3n) is 3.01. The molecule has 5 heteroatoms. The van der Waals surface area contributed by atoms with Crippen molar-refractivity contribution in [3.8, 4) is 17.0 Å². The summed E-state index contributed by atoms with van der Waals surface area (Å²) < 4.78 is 5.24. The number of aromatic nitrogens is 1. The van der Waals surface area contributed by atoms with E-state index in [1.165, 1.54) is 16.0 Å². The van der Waals surface area contributed by atoms with Gasteiger partial charge < -0.3 is 4.74 Å². The summed E-state index contributed by atoms with van der Waals surface area (Å²) in [5.74, 6) is 6.31. The lowest BCUT2D eigenvalue weighted by atomic mass is 9.93. The van der Waals surface area contributed by atoms with E-state index in [0.717, 1.165) is 29.4 Å². The van der Waals surface area contributed by atoms with Crippen molar-refractivity contribution < 1.29 is 4.74 Å². The first-order chi connectivity index (χ1) is 8.31. The number of aryl methyl sites for hydroxylation is 2. The quantitative estimate of drug-likeness (QED) is 0.631. The number of nitrogens with two attached hydrogens (primary N) is 1. The number of hydrogen-bond donors (Lipinski definition) is 2. The van der Waals surface area contributed by atoms with Crippen molar-refractivity contribution in [1.82, 2.24) is 4.98 Å². The average molecular weight is 247 g/mol. The van der Waals surface area contributed by atoms with Gasteiger partial charge in [0.2, 0.25) is 0 Å². The van der Waals surface area contributed by atoms with Crippen molar-refractivity contribution in [3.63, 3.8) is 0 Å². The molecule has 0 fully saturated rings. The molecule has 1 aliphatic carbocycles. The van der Waals surface area contributed by atoms with Gasteiger partial charge in [-0.3, -0.25) is 5.43 Å². The number of fused-ring (bicyclic) bond motifs is 3. The molecule has 3 rings (SSSR count). The number of ether oxygens (including phenoxy) is 1. The second kappa shape index (κ2) is 4.01. The number of benzene rings is 1. The Labute approximate surface area is 103 Å². The zero-order chi connectivity index (χ0) is 11.8. The van der Waals surface area contributed by atoms with E-state index in [1.807, 2.05) is 6.07 Å². The molecule has 4 nitrogen and oxygen atoms in total. The van der Waals surface area contributed by atoms with E-state index >= 15 is 0 Å². The van der Waals surface area contributed by atoms with E-state index in [9.17, 15) is 0 Å². The third-order valence-corrected chi connectivity index (χ3v) is 4.06. The van der Waals surface area contributed by atoms with Gasteiger partial charge >= 0.3 is 0 Å². The molecule has 0 saturated carbocycles. The van der Waals surface area contributed by atoms with Crippen LogP contribution in [-0.4, -0.2) is 12.1 Å². The summed E-state index contributed by atoms with van der Waals surface area (Å²) in [6.45, 7) is 0. The fraction of sp³-hybridized carbons (Fsp3) is 0.250. The van der Waals surface area contributed by atoms with E-state index < -0.39 is 0 Å². The van der Waals surface area contributed by atoms with Gasteiger partial charge in [-0.25, -0.2) is 10.8 Å². The predicted octanol–water partition coefficient (Wildman–Crippen LogP) is 2.20. The lowest BCUT2D eigenvalue weighted by molar-refractivity contribution is 0.414. The molecule has 0 atom stereocenters. The first kappa shape index (κ1) is 10.6. The molecule has 88 valence electrons. The second-order valence-electron chi connectivity index (χ2n) is 3.96. The molecular formula is C12H13N3OS. The van der Waals surface area contributed by atoms with E-state index in [1.54, 1.807) is 18.4 Å². The number of anilines is 1. The highest BCUT2D eigenvalue weighted by atomic mass is 32.1. The van der Waals surface area contributed by atoms with E-state index in [2.05, 4.69) is 22.5 Å². The van der Waals surface area contributed by atoms with Crippen molar-refractivity contribution in [2.24, 2.45) is 5.84 Å². The summed E-state index contributed by atoms with van der Waals surface area (Å²) in [6, 6.07) is 6.14. The zero-order valence-electron chi connectivity index (χ0n) is 9.49. The highest BCUT2D eigenvalue weighted by Gasteiger charge is 2.20. The number of rotatable bonds is 2. The first-order valence-corrected chi connectivity index (χ1v) is 6.27. The number of hydrogen-bond acceptors (Lipinski definition) is 5. The van der Waals surface area contributed by atoms with Gasteiger partial charge in [0.1, 0.15) is 5.75 Å². The Morgan fingerprint density at radius 2 is 2.29 bits per heavy atom. The zero-order valence-corrected chi connectivity index (χ0v) is 10.3. The minimum atomic E-state index is 0.777. The molecule has 1 aromatic carbocycles. The molecule has 0 amide bonds. The third kappa shape index (κ3) is 1.67. The van der Waals surface area contributed by atoms with Crippen LogP contribution in [0.2, 0.25) is 0 Å². The summed E-state index contributed by atoms with van der Waals surface area (Å²) in [4.78, 5) is 5.81. The van der Waals surface area contributed by atoms with Crippen LogP contribution in [0.25, 0.3) is 11.3 Å². The number of nitrogens with one attached hydrogen (secondary N) is 1. The lowest BCUT2D eigenvalue weighted by Crippen LogP contribution is -2.06. The fourth-order valence-corrected chi connectivity index (χ4v) is 3.06. The topological polar surface area (TPSA) is 60.2 Å². The molecule has 17 heavy (non-hydrogen) atoms. The van der Waals surface area contributed by atoms with Crippen molar-refractivity contribution >= 4 is 16.5 Å². The number of thiazole rings is 1. The van der Waals surface area contributed by atoms with Crippen LogP contribution in [0.5, 0.6) is 5.75 Å². The van der Waals surface area contributed by atoms with Crippen LogP contribution >= 0.6 is 11.3 Å². The molecule has 0 bridgehead atoms. The number of nitrogen functional groups attached to an aromatic ring is 1. The molecule has 1 aromatic heterocycles. The smallest absolute Gasteiger partial charge is 0.197 e. The van der Waals surface area contributed by atoms with Crippen molar-refractivity contribution in [3.05, 3.63) is 28.6 Å². The maximum atomic E-state index is 5.41. The Hall–Kier alpha value is -1.59. The highest BCUT2D eigenvalue weighted by molar-refractivity contribution is 7.16. The van der Waals surface area contributed by atoms with Crippen LogP contribution in [0, 0.1) is 0 Å². The Morgan fingerprint density at radius 1 is 1.41 bits per heavy atom. The molecule has 0 radical (unpaired) electrons. The SMILES string of the molecule is COc1ccc2c(c1)CCc1sc(NN)nc1-2. The van der Waals surface area contributed by atoms with Crippen molar-refractivity contribution in [2.45, 2.75) is 12.8 Å². The summed E-state index contributed by atoms with van der Waals surface area (Å²) in [5, 5.41) is 0.777. The van der Waals surface area contributed by atoms with Gasteiger partial charge in [-0.2, -0.15) is 0 Å².